The van der Waals surface area contributed by atoms with Gasteiger partial charge in [-0.2, -0.15) is 5.26 Å². The SMILES string of the molecule is N#CC(F)C(O)C1CCCCC1. The Morgan fingerprint density at radius 2 is 1.92 bits per heavy atom. The second-order valence-electron chi connectivity index (χ2n) is 3.42. The summed E-state index contributed by atoms with van der Waals surface area (Å²) in [5.74, 6) is 0.00778. The number of hydrogen-bond acceptors (Lipinski definition) is 2. The van der Waals surface area contributed by atoms with Crippen LogP contribution >= 0.6 is 0 Å². The summed E-state index contributed by atoms with van der Waals surface area (Å²) in [4.78, 5) is 0. The monoisotopic (exact) mass is 171 g/mol. The van der Waals surface area contributed by atoms with Crippen LogP contribution in [-0.4, -0.2) is 17.4 Å². The van der Waals surface area contributed by atoms with Crippen molar-refractivity contribution in [3.63, 3.8) is 0 Å². The van der Waals surface area contributed by atoms with Gasteiger partial charge in [-0.25, -0.2) is 4.39 Å². The Hall–Kier alpha value is -0.620. The molecule has 0 aromatic rings. The average molecular weight is 171 g/mol. The van der Waals surface area contributed by atoms with Gasteiger partial charge >= 0.3 is 0 Å². The second-order valence-corrected chi connectivity index (χ2v) is 3.42. The largest absolute Gasteiger partial charge is 0.389 e. The molecule has 0 saturated heterocycles. The lowest BCUT2D eigenvalue weighted by atomic mass is 9.84. The number of aliphatic hydroxyl groups is 1. The molecule has 0 radical (unpaired) electrons. The van der Waals surface area contributed by atoms with Crippen LogP contribution in [0.25, 0.3) is 0 Å². The fourth-order valence-electron chi connectivity index (χ4n) is 1.79. The van der Waals surface area contributed by atoms with E-state index in [1.54, 1.807) is 0 Å². The number of nitrogens with zero attached hydrogens (tertiary/aromatic N) is 1. The molecular weight excluding hydrogens is 157 g/mol. The van der Waals surface area contributed by atoms with E-state index in [9.17, 15) is 9.50 Å². The number of hydrogen-bond donors (Lipinski definition) is 1. The van der Waals surface area contributed by atoms with Crippen molar-refractivity contribution in [1.29, 1.82) is 5.26 Å². The van der Waals surface area contributed by atoms with Gasteiger partial charge in [0.25, 0.3) is 0 Å². The molecule has 1 aliphatic carbocycles. The van der Waals surface area contributed by atoms with Gasteiger partial charge in [0.1, 0.15) is 12.2 Å². The Bertz CT molecular complexity index is 172. The van der Waals surface area contributed by atoms with E-state index >= 15 is 0 Å². The van der Waals surface area contributed by atoms with Crippen molar-refractivity contribution in [1.82, 2.24) is 0 Å². The summed E-state index contributed by atoms with van der Waals surface area (Å²) in [6.07, 6.45) is 2.25. The molecule has 0 amide bonds. The lowest BCUT2D eigenvalue weighted by Gasteiger charge is -2.26. The van der Waals surface area contributed by atoms with Gasteiger partial charge in [0.05, 0.1) is 0 Å². The van der Waals surface area contributed by atoms with Crippen molar-refractivity contribution >= 4 is 0 Å². The molecule has 1 aliphatic rings. The van der Waals surface area contributed by atoms with Crippen LogP contribution in [0, 0.1) is 17.2 Å². The molecule has 2 unspecified atom stereocenters. The molecule has 68 valence electrons. The van der Waals surface area contributed by atoms with Crippen LogP contribution in [-0.2, 0) is 0 Å². The van der Waals surface area contributed by atoms with Gasteiger partial charge in [-0.15, -0.1) is 0 Å². The van der Waals surface area contributed by atoms with Crippen molar-refractivity contribution in [2.45, 2.75) is 44.4 Å². The van der Waals surface area contributed by atoms with E-state index in [0.29, 0.717) is 0 Å². The van der Waals surface area contributed by atoms with Gasteiger partial charge in [-0.05, 0) is 18.8 Å². The van der Waals surface area contributed by atoms with Gasteiger partial charge in [0, 0.05) is 0 Å². The molecule has 1 N–H and O–H groups in total. The summed E-state index contributed by atoms with van der Waals surface area (Å²) in [5.41, 5.74) is 0. The Labute approximate surface area is 72.0 Å². The fourth-order valence-corrected chi connectivity index (χ4v) is 1.79. The zero-order valence-electron chi connectivity index (χ0n) is 7.04. The zero-order chi connectivity index (χ0) is 8.97. The molecule has 1 fully saturated rings. The molecule has 0 spiro atoms. The first-order valence-electron chi connectivity index (χ1n) is 4.47. The maximum Gasteiger partial charge on any atom is 0.212 e. The van der Waals surface area contributed by atoms with Crippen LogP contribution in [0.3, 0.4) is 0 Å². The number of nitriles is 1. The Morgan fingerprint density at radius 1 is 1.33 bits per heavy atom. The van der Waals surface area contributed by atoms with Crippen molar-refractivity contribution in [2.24, 2.45) is 5.92 Å². The minimum absolute atomic E-state index is 0.00778. The summed E-state index contributed by atoms with van der Waals surface area (Å²) in [6.45, 7) is 0. The van der Waals surface area contributed by atoms with Crippen LogP contribution < -0.4 is 0 Å². The molecule has 1 saturated carbocycles. The van der Waals surface area contributed by atoms with Gasteiger partial charge in [-0.1, -0.05) is 19.3 Å². The van der Waals surface area contributed by atoms with Gasteiger partial charge in [0.2, 0.25) is 6.17 Å². The highest BCUT2D eigenvalue weighted by atomic mass is 19.1. The van der Waals surface area contributed by atoms with Crippen LogP contribution in [0.15, 0.2) is 0 Å². The molecule has 0 heterocycles. The molecular formula is C9H14FNO. The number of alkyl halides is 1. The van der Waals surface area contributed by atoms with Crippen LogP contribution in [0.1, 0.15) is 32.1 Å². The molecule has 0 aromatic carbocycles. The van der Waals surface area contributed by atoms with E-state index in [2.05, 4.69) is 0 Å². The van der Waals surface area contributed by atoms with E-state index in [4.69, 9.17) is 5.26 Å². The standard InChI is InChI=1S/C9H14FNO/c10-8(6-11)9(12)7-4-2-1-3-5-7/h7-9,12H,1-5H2. The molecule has 12 heavy (non-hydrogen) atoms. The van der Waals surface area contributed by atoms with Crippen molar-refractivity contribution in [3.05, 3.63) is 0 Å². The zero-order valence-corrected chi connectivity index (χ0v) is 7.04. The third-order valence-electron chi connectivity index (χ3n) is 2.56. The van der Waals surface area contributed by atoms with Crippen LogP contribution in [0.5, 0.6) is 0 Å². The quantitative estimate of drug-likeness (QED) is 0.688. The molecule has 1 rings (SSSR count). The fraction of sp³-hybridized carbons (Fsp3) is 0.889. The summed E-state index contributed by atoms with van der Waals surface area (Å²) >= 11 is 0. The summed E-state index contributed by atoms with van der Waals surface area (Å²) in [5, 5.41) is 17.6. The van der Waals surface area contributed by atoms with Crippen molar-refractivity contribution in [3.8, 4) is 6.07 Å². The molecule has 2 atom stereocenters. The minimum Gasteiger partial charge on any atom is -0.389 e. The average Bonchev–Trinajstić information content (AvgIpc) is 2.17. The third-order valence-corrected chi connectivity index (χ3v) is 2.56. The first-order chi connectivity index (χ1) is 5.75. The van der Waals surface area contributed by atoms with E-state index in [0.717, 1.165) is 25.7 Å². The van der Waals surface area contributed by atoms with Gasteiger partial charge < -0.3 is 5.11 Å². The van der Waals surface area contributed by atoms with Crippen molar-refractivity contribution < 1.29 is 9.50 Å². The normalized spacial score (nSPS) is 24.4. The predicted molar refractivity (Wildman–Crippen MR) is 43.1 cm³/mol. The summed E-state index contributed by atoms with van der Waals surface area (Å²) in [6, 6.07) is 1.45. The molecule has 3 heteroatoms. The first kappa shape index (κ1) is 9.47. The van der Waals surface area contributed by atoms with E-state index in [1.807, 2.05) is 0 Å². The van der Waals surface area contributed by atoms with E-state index in [1.165, 1.54) is 12.5 Å². The maximum absolute atomic E-state index is 12.7. The number of aliphatic hydroxyl groups excluding tert-OH is 1. The topological polar surface area (TPSA) is 44.0 Å². The minimum atomic E-state index is -1.70. The second kappa shape index (κ2) is 4.42. The highest BCUT2D eigenvalue weighted by molar-refractivity contribution is 4.92. The third kappa shape index (κ3) is 2.18. The lowest BCUT2D eigenvalue weighted by Crippen LogP contribution is -2.31. The van der Waals surface area contributed by atoms with E-state index in [-0.39, 0.29) is 5.92 Å². The molecule has 0 aromatic heterocycles. The number of rotatable bonds is 2. The molecule has 0 bridgehead atoms. The Kier molecular flexibility index (Phi) is 3.48. The van der Waals surface area contributed by atoms with Crippen LogP contribution in [0.4, 0.5) is 4.39 Å². The highest BCUT2D eigenvalue weighted by Crippen LogP contribution is 2.28. The summed E-state index contributed by atoms with van der Waals surface area (Å²) < 4.78 is 12.7. The van der Waals surface area contributed by atoms with Crippen molar-refractivity contribution in [2.75, 3.05) is 0 Å². The Morgan fingerprint density at radius 3 is 2.42 bits per heavy atom. The maximum atomic E-state index is 12.7. The number of halogens is 1. The summed E-state index contributed by atoms with van der Waals surface area (Å²) in [7, 11) is 0. The lowest BCUT2D eigenvalue weighted by molar-refractivity contribution is 0.0365. The molecule has 2 nitrogen and oxygen atoms in total. The molecule has 0 aliphatic heterocycles. The van der Waals surface area contributed by atoms with Gasteiger partial charge in [-0.3, -0.25) is 0 Å². The predicted octanol–water partition coefficient (Wildman–Crippen LogP) is 1.79. The van der Waals surface area contributed by atoms with Crippen LogP contribution in [0.2, 0.25) is 0 Å². The van der Waals surface area contributed by atoms with E-state index < -0.39 is 12.3 Å². The first-order valence-corrected chi connectivity index (χ1v) is 4.47. The van der Waals surface area contributed by atoms with Gasteiger partial charge in [0.15, 0.2) is 0 Å². The Balaban J connectivity index is 2.40. The smallest absolute Gasteiger partial charge is 0.212 e. The highest BCUT2D eigenvalue weighted by Gasteiger charge is 2.28.